The van der Waals surface area contributed by atoms with Gasteiger partial charge < -0.3 is 9.63 Å². The Morgan fingerprint density at radius 2 is 2.27 bits per heavy atom. The van der Waals surface area contributed by atoms with Crippen LogP contribution in [-0.2, 0) is 6.61 Å². The molecule has 1 N–H and O–H groups in total. The Kier molecular flexibility index (Phi) is 2.83. The molecule has 0 atom stereocenters. The first kappa shape index (κ1) is 10.3. The normalized spacial score (nSPS) is 10.6. The fourth-order valence-electron chi connectivity index (χ4n) is 1.24. The number of benzene rings is 1. The molecule has 0 bridgehead atoms. The summed E-state index contributed by atoms with van der Waals surface area (Å²) in [5.41, 5.74) is 1.97. The highest BCUT2D eigenvalue weighted by Crippen LogP contribution is 2.26. The van der Waals surface area contributed by atoms with E-state index in [0.717, 1.165) is 15.6 Å². The lowest BCUT2D eigenvalue weighted by atomic mass is 10.1. The van der Waals surface area contributed by atoms with Gasteiger partial charge in [-0.1, -0.05) is 32.7 Å². The van der Waals surface area contributed by atoms with Crippen LogP contribution in [0, 0.1) is 6.92 Å². The fourth-order valence-corrected chi connectivity index (χ4v) is 1.66. The Hall–Kier alpha value is -1.20. The van der Waals surface area contributed by atoms with Crippen molar-refractivity contribution in [1.29, 1.82) is 0 Å². The predicted molar refractivity (Wildman–Crippen MR) is 58.1 cm³/mol. The van der Waals surface area contributed by atoms with Gasteiger partial charge in [0.05, 0.1) is 0 Å². The van der Waals surface area contributed by atoms with Crippen molar-refractivity contribution in [2.75, 3.05) is 0 Å². The highest BCUT2D eigenvalue weighted by Gasteiger charge is 2.10. The Morgan fingerprint density at radius 1 is 1.47 bits per heavy atom. The number of aromatic nitrogens is 2. The molecule has 0 spiro atoms. The van der Waals surface area contributed by atoms with Gasteiger partial charge in [-0.25, -0.2) is 0 Å². The number of aryl methyl sites for hydroxylation is 1. The molecule has 4 nitrogen and oxygen atoms in total. The van der Waals surface area contributed by atoms with Gasteiger partial charge in [0.1, 0.15) is 6.61 Å². The largest absolute Gasteiger partial charge is 0.387 e. The van der Waals surface area contributed by atoms with Gasteiger partial charge in [-0.15, -0.1) is 0 Å². The minimum Gasteiger partial charge on any atom is -0.387 e. The molecule has 0 unspecified atom stereocenters. The molecule has 1 aromatic carbocycles. The first-order valence-electron chi connectivity index (χ1n) is 4.40. The van der Waals surface area contributed by atoms with Crippen molar-refractivity contribution in [3.63, 3.8) is 0 Å². The average Bonchev–Trinajstić information content (AvgIpc) is 2.70. The van der Waals surface area contributed by atoms with E-state index in [1.54, 1.807) is 0 Å². The standard InChI is InChI=1S/C10H9BrN2O2/c1-6-2-3-8(11)7(4-6)10-12-9(5-14)15-13-10/h2-4,14H,5H2,1H3. The van der Waals surface area contributed by atoms with Crippen molar-refractivity contribution >= 4 is 15.9 Å². The number of hydrogen-bond donors (Lipinski definition) is 1. The quantitative estimate of drug-likeness (QED) is 0.908. The summed E-state index contributed by atoms with van der Waals surface area (Å²) in [6, 6.07) is 5.87. The Morgan fingerprint density at radius 3 is 2.93 bits per heavy atom. The van der Waals surface area contributed by atoms with Crippen molar-refractivity contribution in [1.82, 2.24) is 10.1 Å². The van der Waals surface area contributed by atoms with Crippen molar-refractivity contribution in [2.24, 2.45) is 0 Å². The average molecular weight is 269 g/mol. The van der Waals surface area contributed by atoms with Crippen LogP contribution in [0.4, 0.5) is 0 Å². The van der Waals surface area contributed by atoms with E-state index in [1.165, 1.54) is 0 Å². The third kappa shape index (κ3) is 2.08. The predicted octanol–water partition coefficient (Wildman–Crippen LogP) is 2.30. The summed E-state index contributed by atoms with van der Waals surface area (Å²) in [6.45, 7) is 1.75. The summed E-state index contributed by atoms with van der Waals surface area (Å²) in [7, 11) is 0. The van der Waals surface area contributed by atoms with Gasteiger partial charge in [-0.2, -0.15) is 4.98 Å². The van der Waals surface area contributed by atoms with E-state index in [0.29, 0.717) is 5.82 Å². The van der Waals surface area contributed by atoms with E-state index >= 15 is 0 Å². The molecular weight excluding hydrogens is 260 g/mol. The summed E-state index contributed by atoms with van der Waals surface area (Å²) >= 11 is 3.41. The van der Waals surface area contributed by atoms with Crippen LogP contribution < -0.4 is 0 Å². The third-order valence-corrected chi connectivity index (χ3v) is 2.66. The van der Waals surface area contributed by atoms with Crippen LogP contribution in [0.25, 0.3) is 11.4 Å². The van der Waals surface area contributed by atoms with Crippen LogP contribution in [0.5, 0.6) is 0 Å². The fraction of sp³-hybridized carbons (Fsp3) is 0.200. The molecule has 0 radical (unpaired) electrons. The molecule has 0 aliphatic carbocycles. The van der Waals surface area contributed by atoms with E-state index in [-0.39, 0.29) is 12.5 Å². The Balaban J connectivity index is 2.48. The number of aliphatic hydroxyl groups excluding tert-OH is 1. The number of hydrogen-bond acceptors (Lipinski definition) is 4. The number of nitrogens with zero attached hydrogens (tertiary/aromatic N) is 2. The molecule has 0 saturated carbocycles. The summed E-state index contributed by atoms with van der Waals surface area (Å²) in [5.74, 6) is 0.702. The molecule has 0 aliphatic rings. The molecule has 0 aliphatic heterocycles. The van der Waals surface area contributed by atoms with Crippen LogP contribution in [-0.4, -0.2) is 15.2 Å². The molecule has 0 saturated heterocycles. The second-order valence-electron chi connectivity index (χ2n) is 3.15. The molecular formula is C10H9BrN2O2. The third-order valence-electron chi connectivity index (χ3n) is 1.97. The molecule has 2 aromatic rings. The van der Waals surface area contributed by atoms with E-state index in [2.05, 4.69) is 26.1 Å². The van der Waals surface area contributed by atoms with Gasteiger partial charge >= 0.3 is 0 Å². The summed E-state index contributed by atoms with van der Waals surface area (Å²) in [4.78, 5) is 4.04. The summed E-state index contributed by atoms with van der Waals surface area (Å²) < 4.78 is 5.73. The molecule has 78 valence electrons. The lowest BCUT2D eigenvalue weighted by Gasteiger charge is -1.99. The maximum atomic E-state index is 8.81. The lowest BCUT2D eigenvalue weighted by Crippen LogP contribution is -1.85. The van der Waals surface area contributed by atoms with Crippen molar-refractivity contribution in [3.8, 4) is 11.4 Å². The summed E-state index contributed by atoms with van der Waals surface area (Å²) in [5, 5.41) is 12.6. The van der Waals surface area contributed by atoms with Gasteiger partial charge in [-0.05, 0) is 19.1 Å². The molecule has 15 heavy (non-hydrogen) atoms. The van der Waals surface area contributed by atoms with E-state index < -0.39 is 0 Å². The van der Waals surface area contributed by atoms with Gasteiger partial charge in [0.2, 0.25) is 5.82 Å². The van der Waals surface area contributed by atoms with Crippen LogP contribution in [0.2, 0.25) is 0 Å². The van der Waals surface area contributed by atoms with Crippen LogP contribution in [0.1, 0.15) is 11.5 Å². The van der Waals surface area contributed by atoms with Crippen molar-refractivity contribution in [2.45, 2.75) is 13.5 Å². The SMILES string of the molecule is Cc1ccc(Br)c(-c2noc(CO)n2)c1. The molecule has 0 amide bonds. The second kappa shape index (κ2) is 4.12. The van der Waals surface area contributed by atoms with Crippen molar-refractivity contribution < 1.29 is 9.63 Å². The van der Waals surface area contributed by atoms with Crippen molar-refractivity contribution in [3.05, 3.63) is 34.1 Å². The smallest absolute Gasteiger partial charge is 0.252 e. The topological polar surface area (TPSA) is 59.2 Å². The zero-order valence-electron chi connectivity index (χ0n) is 8.07. The van der Waals surface area contributed by atoms with Gasteiger partial charge in [-0.3, -0.25) is 0 Å². The Bertz CT molecular complexity index is 482. The zero-order valence-corrected chi connectivity index (χ0v) is 9.65. The van der Waals surface area contributed by atoms with Crippen LogP contribution in [0.3, 0.4) is 0 Å². The number of halogens is 1. The molecule has 0 fully saturated rings. The second-order valence-corrected chi connectivity index (χ2v) is 4.01. The van der Waals surface area contributed by atoms with Gasteiger partial charge in [0, 0.05) is 10.0 Å². The number of rotatable bonds is 2. The molecule has 1 aromatic heterocycles. The first-order valence-corrected chi connectivity index (χ1v) is 5.20. The molecule has 1 heterocycles. The number of aliphatic hydroxyl groups is 1. The van der Waals surface area contributed by atoms with Crippen LogP contribution in [0.15, 0.2) is 27.2 Å². The first-order chi connectivity index (χ1) is 7.20. The summed E-state index contributed by atoms with van der Waals surface area (Å²) in [6.07, 6.45) is 0. The highest BCUT2D eigenvalue weighted by molar-refractivity contribution is 9.10. The van der Waals surface area contributed by atoms with E-state index in [4.69, 9.17) is 9.63 Å². The molecule has 5 heteroatoms. The minimum absolute atomic E-state index is 0.221. The van der Waals surface area contributed by atoms with Crippen LogP contribution >= 0.6 is 15.9 Å². The highest BCUT2D eigenvalue weighted by atomic mass is 79.9. The monoisotopic (exact) mass is 268 g/mol. The lowest BCUT2D eigenvalue weighted by molar-refractivity contribution is 0.222. The van der Waals surface area contributed by atoms with Gasteiger partial charge in [0.15, 0.2) is 0 Å². The minimum atomic E-state index is -0.240. The van der Waals surface area contributed by atoms with E-state index in [9.17, 15) is 0 Å². The van der Waals surface area contributed by atoms with E-state index in [1.807, 2.05) is 25.1 Å². The molecule has 2 rings (SSSR count). The zero-order chi connectivity index (χ0) is 10.8. The Labute approximate surface area is 95.1 Å². The van der Waals surface area contributed by atoms with Gasteiger partial charge in [0.25, 0.3) is 5.89 Å². The maximum absolute atomic E-state index is 8.81. The maximum Gasteiger partial charge on any atom is 0.252 e.